The summed E-state index contributed by atoms with van der Waals surface area (Å²) in [6, 6.07) is 13.7. The van der Waals surface area contributed by atoms with Gasteiger partial charge < -0.3 is 9.26 Å². The Kier molecular flexibility index (Phi) is 6.33. The fraction of sp³-hybridized carbons (Fsp3) is 0.263. The van der Waals surface area contributed by atoms with Crippen LogP contribution in [0.5, 0.6) is 5.75 Å². The van der Waals surface area contributed by atoms with Gasteiger partial charge in [0.05, 0.1) is 4.90 Å². The van der Waals surface area contributed by atoms with Crippen LogP contribution in [-0.2, 0) is 23.1 Å². The van der Waals surface area contributed by atoms with Gasteiger partial charge in [-0.25, -0.2) is 12.7 Å². The van der Waals surface area contributed by atoms with Crippen molar-refractivity contribution < 1.29 is 17.7 Å². The highest BCUT2D eigenvalue weighted by atomic mass is 35.5. The first kappa shape index (κ1) is 20.3. The van der Waals surface area contributed by atoms with Gasteiger partial charge in [0, 0.05) is 25.0 Å². The van der Waals surface area contributed by atoms with Crippen LogP contribution in [0.15, 0.2) is 57.9 Å². The monoisotopic (exact) mass is 421 g/mol. The molecule has 0 aliphatic heterocycles. The molecule has 3 aromatic rings. The molecular formula is C19H20ClN3O4S. The number of hydrogen-bond donors (Lipinski definition) is 0. The van der Waals surface area contributed by atoms with Crippen LogP contribution in [0.25, 0.3) is 0 Å². The summed E-state index contributed by atoms with van der Waals surface area (Å²) in [5.74, 6) is 1.50. The Hall–Kier alpha value is -2.42. The molecule has 9 heteroatoms. The summed E-state index contributed by atoms with van der Waals surface area (Å²) in [6.45, 7) is 2.31. The lowest BCUT2D eigenvalue weighted by molar-refractivity contribution is 0.241. The molecule has 148 valence electrons. The van der Waals surface area contributed by atoms with Crippen LogP contribution in [0.3, 0.4) is 0 Å². The number of aryl methyl sites for hydroxylation is 1. The fourth-order valence-corrected chi connectivity index (χ4v) is 3.77. The Morgan fingerprint density at radius 2 is 1.86 bits per heavy atom. The van der Waals surface area contributed by atoms with E-state index in [-0.39, 0.29) is 18.0 Å². The lowest BCUT2D eigenvalue weighted by Crippen LogP contribution is -2.29. The van der Waals surface area contributed by atoms with Crippen LogP contribution in [0, 0.1) is 6.92 Å². The van der Waals surface area contributed by atoms with Gasteiger partial charge in [-0.1, -0.05) is 35.0 Å². The third-order valence-electron chi connectivity index (χ3n) is 4.13. The minimum atomic E-state index is -3.61. The molecule has 0 bridgehead atoms. The summed E-state index contributed by atoms with van der Waals surface area (Å²) in [4.78, 5) is 4.43. The number of benzene rings is 2. The standard InChI is InChI=1S/C19H20ClN3O4S/c1-14-5-3-4-6-17(14)26-13-19-21-18(22-27-19)11-12-23(2)28(24,25)16-9-7-15(20)8-10-16/h3-10H,11-13H2,1-2H3. The van der Waals surface area contributed by atoms with E-state index in [2.05, 4.69) is 10.1 Å². The first-order chi connectivity index (χ1) is 13.4. The molecular weight excluding hydrogens is 402 g/mol. The van der Waals surface area contributed by atoms with Crippen molar-refractivity contribution >= 4 is 21.6 Å². The molecule has 0 aliphatic carbocycles. The summed E-state index contributed by atoms with van der Waals surface area (Å²) in [5.41, 5.74) is 1.01. The number of rotatable bonds is 8. The zero-order chi connectivity index (χ0) is 20.1. The zero-order valence-electron chi connectivity index (χ0n) is 15.5. The molecule has 2 aromatic carbocycles. The van der Waals surface area contributed by atoms with Crippen LogP contribution in [0.4, 0.5) is 0 Å². The van der Waals surface area contributed by atoms with Crippen LogP contribution in [0.2, 0.25) is 5.02 Å². The maximum Gasteiger partial charge on any atom is 0.264 e. The van der Waals surface area contributed by atoms with Gasteiger partial charge in [0.1, 0.15) is 5.75 Å². The number of ether oxygens (including phenoxy) is 1. The SMILES string of the molecule is Cc1ccccc1OCc1nc(CCN(C)S(=O)(=O)c2ccc(Cl)cc2)no1. The van der Waals surface area contributed by atoms with E-state index in [0.717, 1.165) is 11.3 Å². The molecule has 1 aromatic heterocycles. The van der Waals surface area contributed by atoms with Crippen molar-refractivity contribution in [2.75, 3.05) is 13.6 Å². The number of nitrogens with zero attached hydrogens (tertiary/aromatic N) is 3. The molecule has 1 heterocycles. The molecule has 0 spiro atoms. The highest BCUT2D eigenvalue weighted by Crippen LogP contribution is 2.19. The van der Waals surface area contributed by atoms with E-state index in [0.29, 0.717) is 23.2 Å². The van der Waals surface area contributed by atoms with Gasteiger partial charge in [0.2, 0.25) is 10.0 Å². The predicted octanol–water partition coefficient (Wildman–Crippen LogP) is 3.47. The van der Waals surface area contributed by atoms with Gasteiger partial charge >= 0.3 is 0 Å². The van der Waals surface area contributed by atoms with Gasteiger partial charge in [-0.3, -0.25) is 0 Å². The van der Waals surface area contributed by atoms with Crippen LogP contribution >= 0.6 is 11.6 Å². The largest absolute Gasteiger partial charge is 0.483 e. The highest BCUT2D eigenvalue weighted by Gasteiger charge is 2.21. The quantitative estimate of drug-likeness (QED) is 0.553. The van der Waals surface area contributed by atoms with E-state index in [1.807, 2.05) is 31.2 Å². The number of likely N-dealkylation sites (N-methyl/N-ethyl adjacent to an activating group) is 1. The first-order valence-corrected chi connectivity index (χ1v) is 10.4. The topological polar surface area (TPSA) is 85.5 Å². The zero-order valence-corrected chi connectivity index (χ0v) is 17.1. The Bertz CT molecular complexity index is 1040. The van der Waals surface area contributed by atoms with E-state index in [1.54, 1.807) is 12.1 Å². The Balaban J connectivity index is 1.56. The normalized spacial score (nSPS) is 11.7. The third-order valence-corrected chi connectivity index (χ3v) is 6.25. The number of para-hydroxylation sites is 1. The maximum atomic E-state index is 12.6. The molecule has 0 atom stereocenters. The minimum absolute atomic E-state index is 0.150. The predicted molar refractivity (Wildman–Crippen MR) is 105 cm³/mol. The molecule has 0 amide bonds. The summed E-state index contributed by atoms with van der Waals surface area (Å²) < 4.78 is 37.2. The molecule has 28 heavy (non-hydrogen) atoms. The molecule has 0 saturated heterocycles. The molecule has 0 unspecified atom stereocenters. The second-order valence-electron chi connectivity index (χ2n) is 6.19. The van der Waals surface area contributed by atoms with E-state index in [9.17, 15) is 8.42 Å². The second-order valence-corrected chi connectivity index (χ2v) is 8.67. The summed E-state index contributed by atoms with van der Waals surface area (Å²) in [5, 5.41) is 4.36. The third kappa shape index (κ3) is 4.89. The molecule has 0 fully saturated rings. The molecule has 0 radical (unpaired) electrons. The van der Waals surface area contributed by atoms with Crippen molar-refractivity contribution in [3.8, 4) is 5.75 Å². The molecule has 3 rings (SSSR count). The number of sulfonamides is 1. The second kappa shape index (κ2) is 8.72. The smallest absolute Gasteiger partial charge is 0.264 e. The van der Waals surface area contributed by atoms with Crippen molar-refractivity contribution in [1.29, 1.82) is 0 Å². The molecule has 7 nitrogen and oxygen atoms in total. The van der Waals surface area contributed by atoms with E-state index < -0.39 is 10.0 Å². The Morgan fingerprint density at radius 1 is 1.14 bits per heavy atom. The first-order valence-electron chi connectivity index (χ1n) is 8.58. The maximum absolute atomic E-state index is 12.6. The van der Waals surface area contributed by atoms with Crippen molar-refractivity contribution in [3.05, 3.63) is 70.8 Å². The van der Waals surface area contributed by atoms with Crippen molar-refractivity contribution in [2.24, 2.45) is 0 Å². The van der Waals surface area contributed by atoms with Gasteiger partial charge in [-0.15, -0.1) is 0 Å². The lowest BCUT2D eigenvalue weighted by atomic mass is 10.2. The van der Waals surface area contributed by atoms with Crippen molar-refractivity contribution in [1.82, 2.24) is 14.4 Å². The van der Waals surface area contributed by atoms with Crippen LogP contribution < -0.4 is 4.74 Å². The molecule has 0 aliphatic rings. The van der Waals surface area contributed by atoms with Gasteiger partial charge in [0.15, 0.2) is 12.4 Å². The Morgan fingerprint density at radius 3 is 2.57 bits per heavy atom. The number of hydrogen-bond acceptors (Lipinski definition) is 6. The fourth-order valence-electron chi connectivity index (χ4n) is 2.47. The average Bonchev–Trinajstić information content (AvgIpc) is 3.13. The van der Waals surface area contributed by atoms with Crippen LogP contribution in [-0.4, -0.2) is 36.5 Å². The number of aromatic nitrogens is 2. The Labute approximate surface area is 168 Å². The highest BCUT2D eigenvalue weighted by molar-refractivity contribution is 7.89. The van der Waals surface area contributed by atoms with Gasteiger partial charge in [-0.05, 0) is 42.8 Å². The minimum Gasteiger partial charge on any atom is -0.483 e. The molecule has 0 saturated carbocycles. The van der Waals surface area contributed by atoms with E-state index in [4.69, 9.17) is 20.9 Å². The average molecular weight is 422 g/mol. The molecule has 0 N–H and O–H groups in total. The lowest BCUT2D eigenvalue weighted by Gasteiger charge is -2.16. The van der Waals surface area contributed by atoms with E-state index in [1.165, 1.54) is 23.5 Å². The van der Waals surface area contributed by atoms with Gasteiger partial charge in [-0.2, -0.15) is 4.98 Å². The summed E-state index contributed by atoms with van der Waals surface area (Å²) in [6.07, 6.45) is 0.317. The summed E-state index contributed by atoms with van der Waals surface area (Å²) >= 11 is 5.81. The van der Waals surface area contributed by atoms with Crippen molar-refractivity contribution in [2.45, 2.75) is 24.8 Å². The number of halogens is 1. The van der Waals surface area contributed by atoms with Gasteiger partial charge in [0.25, 0.3) is 5.89 Å². The van der Waals surface area contributed by atoms with Crippen LogP contribution in [0.1, 0.15) is 17.3 Å². The van der Waals surface area contributed by atoms with E-state index >= 15 is 0 Å². The van der Waals surface area contributed by atoms with Crippen molar-refractivity contribution in [3.63, 3.8) is 0 Å². The summed E-state index contributed by atoms with van der Waals surface area (Å²) in [7, 11) is -2.10.